The monoisotopic (exact) mass is 362 g/mol. The number of nitrogens with zero attached hydrogens (tertiary/aromatic N) is 2. The highest BCUT2D eigenvalue weighted by atomic mass is 32.1. The minimum Gasteiger partial charge on any atom is -0.467 e. The van der Waals surface area contributed by atoms with Crippen LogP contribution >= 0.6 is 11.3 Å². The molecule has 2 aromatic carbocycles. The number of hydrogen-bond acceptors (Lipinski definition) is 4. The fourth-order valence-electron chi connectivity index (χ4n) is 2.88. The number of hydrogen-bond donors (Lipinski definition) is 0. The van der Waals surface area contributed by atoms with Crippen molar-refractivity contribution >= 4 is 32.6 Å². The predicted octanol–water partition coefficient (Wildman–Crippen LogP) is 5.35. The van der Waals surface area contributed by atoms with Crippen molar-refractivity contribution < 1.29 is 9.21 Å². The van der Waals surface area contributed by atoms with Gasteiger partial charge in [0.1, 0.15) is 5.76 Å². The summed E-state index contributed by atoms with van der Waals surface area (Å²) in [7, 11) is 0. The summed E-state index contributed by atoms with van der Waals surface area (Å²) in [6, 6.07) is 17.1. The summed E-state index contributed by atoms with van der Waals surface area (Å²) in [6.07, 6.45) is 1.62. The van der Waals surface area contributed by atoms with E-state index in [9.17, 15) is 4.79 Å². The van der Waals surface area contributed by atoms with Gasteiger partial charge in [0, 0.05) is 5.56 Å². The molecule has 0 unspecified atom stereocenters. The molecule has 0 aliphatic rings. The quantitative estimate of drug-likeness (QED) is 0.491. The van der Waals surface area contributed by atoms with E-state index in [1.807, 2.05) is 49.4 Å². The van der Waals surface area contributed by atoms with Gasteiger partial charge in [-0.3, -0.25) is 9.69 Å². The minimum atomic E-state index is -0.0867. The third-order valence-electron chi connectivity index (χ3n) is 4.32. The Balaban J connectivity index is 1.81. The molecule has 2 heterocycles. The van der Waals surface area contributed by atoms with Gasteiger partial charge in [0.25, 0.3) is 5.91 Å². The van der Waals surface area contributed by atoms with Crippen LogP contribution in [-0.4, -0.2) is 10.9 Å². The number of thiazole rings is 1. The molecule has 0 aliphatic carbocycles. The molecule has 4 rings (SSSR count). The van der Waals surface area contributed by atoms with Crippen LogP contribution < -0.4 is 4.90 Å². The van der Waals surface area contributed by atoms with E-state index in [-0.39, 0.29) is 5.91 Å². The van der Waals surface area contributed by atoms with Crippen molar-refractivity contribution in [1.82, 2.24) is 4.98 Å². The van der Waals surface area contributed by atoms with E-state index in [0.29, 0.717) is 17.2 Å². The lowest BCUT2D eigenvalue weighted by molar-refractivity contribution is 0.0983. The largest absolute Gasteiger partial charge is 0.467 e. The molecule has 0 atom stereocenters. The zero-order chi connectivity index (χ0) is 18.1. The number of carbonyl (C=O) groups is 1. The van der Waals surface area contributed by atoms with Crippen molar-refractivity contribution in [2.45, 2.75) is 20.4 Å². The molecule has 0 aliphatic heterocycles. The van der Waals surface area contributed by atoms with Crippen molar-refractivity contribution in [2.75, 3.05) is 4.90 Å². The molecule has 2 aromatic heterocycles. The van der Waals surface area contributed by atoms with Crippen LogP contribution in [0.25, 0.3) is 10.2 Å². The first-order valence-corrected chi connectivity index (χ1v) is 9.21. The molecule has 130 valence electrons. The van der Waals surface area contributed by atoms with E-state index in [1.54, 1.807) is 22.5 Å². The molecule has 0 radical (unpaired) electrons. The van der Waals surface area contributed by atoms with Crippen molar-refractivity contribution in [1.29, 1.82) is 0 Å². The maximum Gasteiger partial charge on any atom is 0.260 e. The van der Waals surface area contributed by atoms with Gasteiger partial charge in [0.05, 0.1) is 23.0 Å². The van der Waals surface area contributed by atoms with Crippen LogP contribution in [0.1, 0.15) is 27.2 Å². The number of benzene rings is 2. The summed E-state index contributed by atoms with van der Waals surface area (Å²) in [5.74, 6) is 0.637. The Morgan fingerprint density at radius 1 is 1.04 bits per heavy atom. The zero-order valence-electron chi connectivity index (χ0n) is 14.6. The second-order valence-corrected chi connectivity index (χ2v) is 7.19. The highest BCUT2D eigenvalue weighted by molar-refractivity contribution is 7.22. The predicted molar refractivity (Wildman–Crippen MR) is 105 cm³/mol. The van der Waals surface area contributed by atoms with E-state index in [2.05, 4.69) is 19.1 Å². The van der Waals surface area contributed by atoms with E-state index in [4.69, 9.17) is 9.40 Å². The number of aryl methyl sites for hydroxylation is 2. The fraction of sp³-hybridized carbons (Fsp3) is 0.143. The second-order valence-electron chi connectivity index (χ2n) is 6.21. The molecule has 5 heteroatoms. The second kappa shape index (κ2) is 6.77. The molecule has 26 heavy (non-hydrogen) atoms. The van der Waals surface area contributed by atoms with Crippen molar-refractivity contribution in [3.8, 4) is 0 Å². The highest BCUT2D eigenvalue weighted by Gasteiger charge is 2.23. The molecule has 0 bridgehead atoms. The lowest BCUT2D eigenvalue weighted by Crippen LogP contribution is -2.30. The van der Waals surface area contributed by atoms with Crippen molar-refractivity contribution in [3.05, 3.63) is 83.3 Å². The van der Waals surface area contributed by atoms with Crippen LogP contribution in [0.2, 0.25) is 0 Å². The molecule has 0 fully saturated rings. The Morgan fingerprint density at radius 3 is 2.50 bits per heavy atom. The smallest absolute Gasteiger partial charge is 0.260 e. The van der Waals surface area contributed by atoms with Gasteiger partial charge >= 0.3 is 0 Å². The third-order valence-corrected chi connectivity index (χ3v) is 5.54. The fourth-order valence-corrected chi connectivity index (χ4v) is 3.99. The molecular formula is C21H18N2O2S. The summed E-state index contributed by atoms with van der Waals surface area (Å²) in [6.45, 7) is 4.46. The number of amides is 1. The molecular weight excluding hydrogens is 344 g/mol. The maximum absolute atomic E-state index is 13.2. The number of furan rings is 1. The van der Waals surface area contributed by atoms with Crippen molar-refractivity contribution in [2.24, 2.45) is 0 Å². The van der Waals surface area contributed by atoms with E-state index in [1.165, 1.54) is 5.56 Å². The van der Waals surface area contributed by atoms with Gasteiger partial charge in [-0.15, -0.1) is 0 Å². The average Bonchev–Trinajstić information content (AvgIpc) is 3.33. The first-order valence-electron chi connectivity index (χ1n) is 8.39. The van der Waals surface area contributed by atoms with E-state index >= 15 is 0 Å². The lowest BCUT2D eigenvalue weighted by Gasteiger charge is -2.18. The first kappa shape index (κ1) is 16.5. The Morgan fingerprint density at radius 2 is 1.81 bits per heavy atom. The first-order chi connectivity index (χ1) is 12.6. The summed E-state index contributed by atoms with van der Waals surface area (Å²) in [4.78, 5) is 19.6. The summed E-state index contributed by atoms with van der Waals surface area (Å²) in [5, 5.41) is 0.683. The standard InChI is InChI=1S/C21H18N2O2S/c1-14-10-11-15(2)19-18(14)22-21(26-19)23(13-17-9-6-12-25-17)20(24)16-7-4-3-5-8-16/h3-12H,13H2,1-2H3. The minimum absolute atomic E-state index is 0.0867. The molecule has 0 N–H and O–H groups in total. The molecule has 4 nitrogen and oxygen atoms in total. The lowest BCUT2D eigenvalue weighted by atomic mass is 10.1. The molecule has 1 amide bonds. The number of aromatic nitrogens is 1. The van der Waals surface area contributed by atoms with E-state index < -0.39 is 0 Å². The van der Waals surface area contributed by atoms with Gasteiger partial charge in [0.2, 0.25) is 0 Å². The number of rotatable bonds is 4. The van der Waals surface area contributed by atoms with Crippen molar-refractivity contribution in [3.63, 3.8) is 0 Å². The number of anilines is 1. The van der Waals surface area contributed by atoms with Gasteiger partial charge in [-0.1, -0.05) is 41.7 Å². The highest BCUT2D eigenvalue weighted by Crippen LogP contribution is 2.34. The van der Waals surface area contributed by atoms with Crippen LogP contribution in [0.15, 0.2) is 65.3 Å². The topological polar surface area (TPSA) is 46.3 Å². The zero-order valence-corrected chi connectivity index (χ0v) is 15.4. The average molecular weight is 362 g/mol. The summed E-state index contributed by atoms with van der Waals surface area (Å²) < 4.78 is 6.59. The van der Waals surface area contributed by atoms with Crippen LogP contribution in [0.4, 0.5) is 5.13 Å². The molecule has 0 saturated heterocycles. The Labute approximate surface area is 155 Å². The van der Waals surface area contributed by atoms with Crippen LogP contribution in [0, 0.1) is 13.8 Å². The van der Waals surface area contributed by atoms with Gasteiger partial charge in [-0.25, -0.2) is 4.98 Å². The summed E-state index contributed by atoms with van der Waals surface area (Å²) in [5.41, 5.74) is 3.86. The van der Waals surface area contributed by atoms with Gasteiger partial charge in [0.15, 0.2) is 5.13 Å². The maximum atomic E-state index is 13.2. The molecule has 0 spiro atoms. The number of fused-ring (bicyclic) bond motifs is 1. The van der Waals surface area contributed by atoms with Gasteiger partial charge in [-0.2, -0.15) is 0 Å². The normalized spacial score (nSPS) is 11.0. The Kier molecular flexibility index (Phi) is 4.31. The molecule has 4 aromatic rings. The van der Waals surface area contributed by atoms with Crippen LogP contribution in [0.3, 0.4) is 0 Å². The molecule has 0 saturated carbocycles. The SMILES string of the molecule is Cc1ccc(C)c2sc(N(Cc3ccco3)C(=O)c3ccccc3)nc12. The van der Waals surface area contributed by atoms with Gasteiger partial charge in [-0.05, 0) is 49.2 Å². The third kappa shape index (κ3) is 3.02. The van der Waals surface area contributed by atoms with Crippen LogP contribution in [0.5, 0.6) is 0 Å². The van der Waals surface area contributed by atoms with Gasteiger partial charge < -0.3 is 4.42 Å². The van der Waals surface area contributed by atoms with E-state index in [0.717, 1.165) is 21.5 Å². The Bertz CT molecular complexity index is 1010. The Hall–Kier alpha value is -2.92. The number of carbonyl (C=O) groups excluding carboxylic acids is 1. The summed E-state index contributed by atoms with van der Waals surface area (Å²) >= 11 is 1.54. The van der Waals surface area contributed by atoms with Crippen LogP contribution in [-0.2, 0) is 6.54 Å².